The smallest absolute Gasteiger partial charge is 0.278 e. The summed E-state index contributed by atoms with van der Waals surface area (Å²) < 4.78 is 1.71. The zero-order chi connectivity index (χ0) is 21.1. The predicted octanol–water partition coefficient (Wildman–Crippen LogP) is 5.01. The number of aromatic nitrogens is 4. The molecule has 2 aromatic heterocycles. The number of amides is 1. The maximum atomic E-state index is 13.2. The minimum absolute atomic E-state index is 0.263. The second-order valence-corrected chi connectivity index (χ2v) is 7.46. The van der Waals surface area contributed by atoms with Crippen molar-refractivity contribution in [1.82, 2.24) is 20.0 Å². The van der Waals surface area contributed by atoms with Crippen LogP contribution in [-0.2, 0) is 0 Å². The summed E-state index contributed by atoms with van der Waals surface area (Å²) in [5.41, 5.74) is 5.51. The summed E-state index contributed by atoms with van der Waals surface area (Å²) in [5, 5.41) is 11.5. The number of nitrogens with zero attached hydrogens (tertiary/aromatic N) is 4. The number of hydrogen-bond acceptors (Lipinski definition) is 4. The standard InChI is InChI=1S/C24H23N5O/c1-16(2)19-8-6-9-20(15-19)26-24(30)22-23(18-11-13-25-14-12-18)29(28-27-22)21-10-5-4-7-17(21)3/h4-16H,1-3H3,(H,26,30). The lowest BCUT2D eigenvalue weighted by molar-refractivity contribution is 0.102. The van der Waals surface area contributed by atoms with E-state index in [0.717, 1.165) is 28.1 Å². The lowest BCUT2D eigenvalue weighted by Gasteiger charge is -2.11. The molecule has 0 aliphatic carbocycles. The molecule has 0 bridgehead atoms. The first-order valence-corrected chi connectivity index (χ1v) is 9.88. The molecule has 0 unspecified atom stereocenters. The Labute approximate surface area is 175 Å². The first-order chi connectivity index (χ1) is 14.5. The van der Waals surface area contributed by atoms with Gasteiger partial charge in [0.15, 0.2) is 5.69 Å². The molecular weight excluding hydrogens is 374 g/mol. The van der Waals surface area contributed by atoms with Crippen molar-refractivity contribution >= 4 is 11.6 Å². The Balaban J connectivity index is 1.78. The van der Waals surface area contributed by atoms with Gasteiger partial charge in [-0.3, -0.25) is 9.78 Å². The van der Waals surface area contributed by atoms with Gasteiger partial charge in [0.1, 0.15) is 5.69 Å². The highest BCUT2D eigenvalue weighted by molar-refractivity contribution is 6.06. The van der Waals surface area contributed by atoms with E-state index in [-0.39, 0.29) is 11.6 Å². The fourth-order valence-electron chi connectivity index (χ4n) is 3.34. The Hall–Kier alpha value is -3.80. The summed E-state index contributed by atoms with van der Waals surface area (Å²) >= 11 is 0. The molecule has 0 spiro atoms. The van der Waals surface area contributed by atoms with Crippen LogP contribution in [0.15, 0.2) is 73.1 Å². The molecule has 0 aliphatic rings. The first kappa shape index (κ1) is 19.5. The van der Waals surface area contributed by atoms with E-state index in [1.807, 2.05) is 61.5 Å². The number of para-hydroxylation sites is 1. The van der Waals surface area contributed by atoms with Gasteiger partial charge in [-0.2, -0.15) is 0 Å². The molecular formula is C24H23N5O. The van der Waals surface area contributed by atoms with Gasteiger partial charge in [0.25, 0.3) is 5.91 Å². The van der Waals surface area contributed by atoms with E-state index in [0.29, 0.717) is 11.6 Å². The van der Waals surface area contributed by atoms with Gasteiger partial charge < -0.3 is 5.32 Å². The van der Waals surface area contributed by atoms with Crippen LogP contribution in [0.3, 0.4) is 0 Å². The van der Waals surface area contributed by atoms with Gasteiger partial charge in [0.05, 0.1) is 5.69 Å². The highest BCUT2D eigenvalue weighted by Gasteiger charge is 2.23. The van der Waals surface area contributed by atoms with E-state index in [4.69, 9.17) is 0 Å². The fraction of sp³-hybridized carbons (Fsp3) is 0.167. The van der Waals surface area contributed by atoms with Crippen LogP contribution in [0.25, 0.3) is 16.9 Å². The van der Waals surface area contributed by atoms with E-state index in [1.165, 1.54) is 0 Å². The van der Waals surface area contributed by atoms with E-state index >= 15 is 0 Å². The van der Waals surface area contributed by atoms with Crippen LogP contribution in [0.4, 0.5) is 5.69 Å². The van der Waals surface area contributed by atoms with Gasteiger partial charge >= 0.3 is 0 Å². The molecule has 0 radical (unpaired) electrons. The maximum absolute atomic E-state index is 13.2. The van der Waals surface area contributed by atoms with Crippen LogP contribution in [0.5, 0.6) is 0 Å². The average molecular weight is 397 g/mol. The van der Waals surface area contributed by atoms with E-state index in [9.17, 15) is 4.79 Å². The number of benzene rings is 2. The molecule has 0 atom stereocenters. The van der Waals surface area contributed by atoms with Crippen molar-refractivity contribution in [1.29, 1.82) is 0 Å². The zero-order valence-corrected chi connectivity index (χ0v) is 17.2. The molecule has 4 aromatic rings. The summed E-state index contributed by atoms with van der Waals surface area (Å²) in [7, 11) is 0. The molecule has 30 heavy (non-hydrogen) atoms. The Kier molecular flexibility index (Phi) is 5.39. The monoisotopic (exact) mass is 397 g/mol. The van der Waals surface area contributed by atoms with Crippen molar-refractivity contribution < 1.29 is 4.79 Å². The molecule has 1 N–H and O–H groups in total. The van der Waals surface area contributed by atoms with Crippen molar-refractivity contribution in [2.45, 2.75) is 26.7 Å². The number of carbonyl (C=O) groups excluding carboxylic acids is 1. The van der Waals surface area contributed by atoms with Crippen molar-refractivity contribution in [3.8, 4) is 16.9 Å². The Morgan fingerprint density at radius 3 is 2.50 bits per heavy atom. The van der Waals surface area contributed by atoms with Crippen LogP contribution < -0.4 is 5.32 Å². The van der Waals surface area contributed by atoms with Crippen LogP contribution in [-0.4, -0.2) is 25.9 Å². The summed E-state index contributed by atoms with van der Waals surface area (Å²) in [6.07, 6.45) is 3.39. The molecule has 0 saturated heterocycles. The number of pyridine rings is 1. The molecule has 2 heterocycles. The largest absolute Gasteiger partial charge is 0.321 e. The second-order valence-electron chi connectivity index (χ2n) is 7.46. The third-order valence-corrected chi connectivity index (χ3v) is 4.99. The van der Waals surface area contributed by atoms with Crippen LogP contribution >= 0.6 is 0 Å². The summed E-state index contributed by atoms with van der Waals surface area (Å²) in [6.45, 7) is 6.25. The average Bonchev–Trinajstić information content (AvgIpc) is 3.20. The third kappa shape index (κ3) is 3.85. The van der Waals surface area contributed by atoms with Crippen LogP contribution in [0.1, 0.15) is 41.4 Å². The molecule has 1 amide bonds. The zero-order valence-electron chi connectivity index (χ0n) is 17.2. The van der Waals surface area contributed by atoms with Crippen LogP contribution in [0.2, 0.25) is 0 Å². The molecule has 6 nitrogen and oxygen atoms in total. The normalized spacial score (nSPS) is 10.9. The number of hydrogen-bond donors (Lipinski definition) is 1. The Morgan fingerprint density at radius 2 is 1.77 bits per heavy atom. The van der Waals surface area contributed by atoms with Gasteiger partial charge in [-0.15, -0.1) is 5.10 Å². The quantitative estimate of drug-likeness (QED) is 0.514. The van der Waals surface area contributed by atoms with E-state index < -0.39 is 0 Å². The van der Waals surface area contributed by atoms with Crippen LogP contribution in [0, 0.1) is 6.92 Å². The Morgan fingerprint density at radius 1 is 1.00 bits per heavy atom. The molecule has 0 saturated carbocycles. The van der Waals surface area contributed by atoms with Gasteiger partial charge in [0.2, 0.25) is 0 Å². The summed E-state index contributed by atoms with van der Waals surface area (Å²) in [5.74, 6) is 0.0683. The molecule has 4 rings (SSSR count). The molecule has 2 aromatic carbocycles. The van der Waals surface area contributed by atoms with Gasteiger partial charge in [-0.1, -0.05) is 49.4 Å². The third-order valence-electron chi connectivity index (χ3n) is 4.99. The van der Waals surface area contributed by atoms with Crippen molar-refractivity contribution in [3.63, 3.8) is 0 Å². The number of rotatable bonds is 5. The number of aryl methyl sites for hydroxylation is 1. The molecule has 0 fully saturated rings. The minimum Gasteiger partial charge on any atom is -0.321 e. The second kappa shape index (κ2) is 8.29. The van der Waals surface area contributed by atoms with E-state index in [2.05, 4.69) is 40.5 Å². The SMILES string of the molecule is Cc1ccccc1-n1nnc(C(=O)Nc2cccc(C(C)C)c2)c1-c1ccncc1. The highest BCUT2D eigenvalue weighted by Crippen LogP contribution is 2.27. The molecule has 150 valence electrons. The molecule has 6 heteroatoms. The number of carbonyl (C=O) groups is 1. The van der Waals surface area contributed by atoms with Gasteiger partial charge in [-0.25, -0.2) is 4.68 Å². The van der Waals surface area contributed by atoms with Crippen molar-refractivity contribution in [2.24, 2.45) is 0 Å². The number of anilines is 1. The highest BCUT2D eigenvalue weighted by atomic mass is 16.2. The summed E-state index contributed by atoms with van der Waals surface area (Å²) in [6, 6.07) is 19.4. The first-order valence-electron chi connectivity index (χ1n) is 9.88. The molecule has 0 aliphatic heterocycles. The Bertz CT molecular complexity index is 1180. The van der Waals surface area contributed by atoms with Crippen molar-refractivity contribution in [3.05, 3.63) is 89.9 Å². The van der Waals surface area contributed by atoms with Gasteiger partial charge in [0, 0.05) is 23.6 Å². The predicted molar refractivity (Wildman–Crippen MR) is 118 cm³/mol. The fourth-order valence-corrected chi connectivity index (χ4v) is 3.34. The van der Waals surface area contributed by atoms with E-state index in [1.54, 1.807) is 17.1 Å². The minimum atomic E-state index is -0.303. The lowest BCUT2D eigenvalue weighted by atomic mass is 10.0. The maximum Gasteiger partial charge on any atom is 0.278 e. The lowest BCUT2D eigenvalue weighted by Crippen LogP contribution is -2.14. The number of nitrogens with one attached hydrogen (secondary N) is 1. The summed E-state index contributed by atoms with van der Waals surface area (Å²) in [4.78, 5) is 17.3. The van der Waals surface area contributed by atoms with Crippen molar-refractivity contribution in [2.75, 3.05) is 5.32 Å². The van der Waals surface area contributed by atoms with Gasteiger partial charge in [-0.05, 0) is 54.3 Å². The topological polar surface area (TPSA) is 72.7 Å².